The molecule has 0 fully saturated rings. The summed E-state index contributed by atoms with van der Waals surface area (Å²) in [6.07, 6.45) is 17.7. The van der Waals surface area contributed by atoms with Crippen LogP contribution in [0.25, 0.3) is 0 Å². The summed E-state index contributed by atoms with van der Waals surface area (Å²) < 4.78 is 149. The first-order valence-corrected chi connectivity index (χ1v) is 36.6. The van der Waals surface area contributed by atoms with E-state index < -0.39 is 0 Å². The number of hydrogen-bond acceptors (Lipinski definition) is 28. The zero-order chi connectivity index (χ0) is 69.2. The summed E-state index contributed by atoms with van der Waals surface area (Å²) in [5.74, 6) is 0. The fourth-order valence-electron chi connectivity index (χ4n) is 8.11. The van der Waals surface area contributed by atoms with E-state index in [0.717, 1.165) is 13.0 Å². The Labute approximate surface area is 584 Å². The van der Waals surface area contributed by atoms with Crippen molar-refractivity contribution in [3.05, 3.63) is 0 Å². The van der Waals surface area contributed by atoms with Crippen LogP contribution in [0.5, 0.6) is 0 Å². The molecule has 28 nitrogen and oxygen atoms in total. The number of rotatable bonds is 94. The summed E-state index contributed by atoms with van der Waals surface area (Å²) in [6.45, 7) is 29.3. The minimum absolute atomic E-state index is 0.0175. The van der Waals surface area contributed by atoms with E-state index in [-0.39, 0.29) is 6.61 Å². The summed E-state index contributed by atoms with van der Waals surface area (Å²) in [5.41, 5.74) is 0. The van der Waals surface area contributed by atoms with Gasteiger partial charge in [0, 0.05) is 6.61 Å². The first-order chi connectivity index (χ1) is 48.4. The van der Waals surface area contributed by atoms with Crippen molar-refractivity contribution in [1.82, 2.24) is 0 Å². The molecule has 1 N–H and O–H groups in total. The van der Waals surface area contributed by atoms with Gasteiger partial charge < -0.3 is 133 Å². The maximum Gasteiger partial charge on any atom is 0.0701 e. The molecule has 0 aliphatic heterocycles. The summed E-state index contributed by atoms with van der Waals surface area (Å²) in [4.78, 5) is 0. The predicted molar refractivity (Wildman–Crippen MR) is 365 cm³/mol. The molecular weight excluding hydrogens is 1280 g/mol. The van der Waals surface area contributed by atoms with Gasteiger partial charge >= 0.3 is 0 Å². The van der Waals surface area contributed by atoms with Crippen LogP contribution in [0.15, 0.2) is 0 Å². The van der Waals surface area contributed by atoms with Crippen molar-refractivity contribution in [1.29, 1.82) is 0 Å². The van der Waals surface area contributed by atoms with Crippen molar-refractivity contribution in [3.8, 4) is 0 Å². The van der Waals surface area contributed by atoms with Crippen LogP contribution in [0.3, 0.4) is 0 Å². The lowest BCUT2D eigenvalue weighted by molar-refractivity contribution is -0.0323. The fraction of sp³-hybridized carbons (Fsp3) is 1.00. The molecule has 0 spiro atoms. The van der Waals surface area contributed by atoms with Gasteiger partial charge in [0.2, 0.25) is 0 Å². The summed E-state index contributed by atoms with van der Waals surface area (Å²) >= 11 is 0. The first kappa shape index (κ1) is 95.9. The normalized spacial score (nSPS) is 11.8. The lowest BCUT2D eigenvalue weighted by atomic mass is 10.0. The number of aliphatic hydroxyl groups excluding tert-OH is 1. The smallest absolute Gasteiger partial charge is 0.0701 e. The van der Waals surface area contributed by atoms with Crippen LogP contribution in [0, 0.1) is 0 Å². The van der Waals surface area contributed by atoms with Crippen LogP contribution in [-0.2, 0) is 128 Å². The maximum atomic E-state index is 8.62. The van der Waals surface area contributed by atoms with Gasteiger partial charge in [0.05, 0.1) is 357 Å². The molecule has 0 radical (unpaired) electrons. The van der Waals surface area contributed by atoms with Gasteiger partial charge in [-0.25, -0.2) is 0 Å². The monoisotopic (exact) mass is 1420 g/mol. The van der Waals surface area contributed by atoms with E-state index in [1.54, 1.807) is 0 Å². The molecule has 0 aromatic heterocycles. The van der Waals surface area contributed by atoms with Crippen LogP contribution < -0.4 is 0 Å². The SMILES string of the molecule is CCCCCCCCCCCCCCCOCCOCCOCCOCCOCCOCCOCCOCCOCCOCCOCCOCCOCCOCCOCCOCCOCCOCCOCCOCCOCCOCCOCCOCCOCCOCCOCCO. The minimum atomic E-state index is 0.0175. The molecule has 0 saturated heterocycles. The van der Waals surface area contributed by atoms with E-state index in [0.29, 0.717) is 350 Å². The molecule has 28 heteroatoms. The van der Waals surface area contributed by atoms with Gasteiger partial charge in [-0.3, -0.25) is 0 Å². The second kappa shape index (κ2) is 94.9. The third-order valence-corrected chi connectivity index (χ3v) is 13.3. The van der Waals surface area contributed by atoms with E-state index in [1.165, 1.54) is 77.0 Å². The van der Waals surface area contributed by atoms with Crippen molar-refractivity contribution in [2.24, 2.45) is 0 Å². The van der Waals surface area contributed by atoms with Crippen molar-refractivity contribution in [3.63, 3.8) is 0 Å². The van der Waals surface area contributed by atoms with Crippen molar-refractivity contribution in [2.75, 3.05) is 363 Å². The number of ether oxygens (including phenoxy) is 27. The molecular formula is C69H140O28. The predicted octanol–water partition coefficient (Wildman–Crippen LogP) is 5.52. The Morgan fingerprint density at radius 3 is 0.320 bits per heavy atom. The molecule has 0 rings (SSSR count). The highest BCUT2D eigenvalue weighted by Gasteiger charge is 2.02. The highest BCUT2D eigenvalue weighted by molar-refractivity contribution is 4.50. The Morgan fingerprint density at radius 2 is 0.206 bits per heavy atom. The largest absolute Gasteiger partial charge is 0.394 e. The van der Waals surface area contributed by atoms with E-state index in [9.17, 15) is 0 Å². The van der Waals surface area contributed by atoms with Crippen LogP contribution >= 0.6 is 0 Å². The molecule has 0 aromatic rings. The van der Waals surface area contributed by atoms with Crippen LogP contribution in [0.2, 0.25) is 0 Å². The Morgan fingerprint density at radius 1 is 0.113 bits per heavy atom. The Balaban J connectivity index is 3.09. The van der Waals surface area contributed by atoms with Crippen molar-refractivity contribution in [2.45, 2.75) is 90.4 Å². The van der Waals surface area contributed by atoms with Crippen LogP contribution in [0.4, 0.5) is 0 Å². The summed E-state index contributed by atoms with van der Waals surface area (Å²) in [5, 5.41) is 8.62. The Bertz CT molecular complexity index is 1240. The van der Waals surface area contributed by atoms with E-state index in [4.69, 9.17) is 133 Å². The average molecular weight is 1420 g/mol. The Hall–Kier alpha value is -1.12. The third-order valence-electron chi connectivity index (χ3n) is 13.3. The van der Waals surface area contributed by atoms with Gasteiger partial charge in [0.25, 0.3) is 0 Å². The molecule has 584 valence electrons. The molecule has 0 bridgehead atoms. The summed E-state index contributed by atoms with van der Waals surface area (Å²) in [7, 11) is 0. The van der Waals surface area contributed by atoms with E-state index >= 15 is 0 Å². The molecule has 0 saturated carbocycles. The summed E-state index contributed by atoms with van der Waals surface area (Å²) in [6, 6.07) is 0. The topological polar surface area (TPSA) is 269 Å². The zero-order valence-corrected chi connectivity index (χ0v) is 60.6. The lowest BCUT2D eigenvalue weighted by Crippen LogP contribution is -2.16. The van der Waals surface area contributed by atoms with E-state index in [2.05, 4.69) is 6.92 Å². The molecule has 0 aliphatic rings. The first-order valence-electron chi connectivity index (χ1n) is 36.6. The average Bonchev–Trinajstić information content (AvgIpc) is 3.61. The van der Waals surface area contributed by atoms with Crippen molar-refractivity contribution >= 4 is 0 Å². The molecule has 0 atom stereocenters. The quantitative estimate of drug-likeness (QED) is 0.0735. The molecule has 0 amide bonds. The second-order valence-electron chi connectivity index (χ2n) is 21.5. The lowest BCUT2D eigenvalue weighted by Gasteiger charge is -2.09. The molecule has 97 heavy (non-hydrogen) atoms. The van der Waals surface area contributed by atoms with Gasteiger partial charge in [0.1, 0.15) is 0 Å². The molecule has 0 unspecified atom stereocenters. The third kappa shape index (κ3) is 94.9. The van der Waals surface area contributed by atoms with Gasteiger partial charge in [-0.15, -0.1) is 0 Å². The highest BCUT2D eigenvalue weighted by atomic mass is 16.6. The maximum absolute atomic E-state index is 8.62. The second-order valence-corrected chi connectivity index (χ2v) is 21.5. The minimum Gasteiger partial charge on any atom is -0.394 e. The molecule has 0 aliphatic carbocycles. The van der Waals surface area contributed by atoms with Crippen LogP contribution in [-0.4, -0.2) is 368 Å². The van der Waals surface area contributed by atoms with E-state index in [1.807, 2.05) is 0 Å². The highest BCUT2D eigenvalue weighted by Crippen LogP contribution is 2.12. The molecule has 0 aromatic carbocycles. The van der Waals surface area contributed by atoms with Crippen LogP contribution in [0.1, 0.15) is 90.4 Å². The van der Waals surface area contributed by atoms with Gasteiger partial charge in [0.15, 0.2) is 0 Å². The number of unbranched alkanes of at least 4 members (excludes halogenated alkanes) is 12. The molecule has 0 heterocycles. The number of aliphatic hydroxyl groups is 1. The standard InChI is InChI=1S/C69H140O28/c1-2-3-4-5-6-7-8-9-10-11-12-13-14-16-71-18-20-73-22-24-75-26-28-77-30-32-79-34-36-81-38-40-83-42-44-85-46-48-87-50-52-89-54-56-91-58-60-93-62-64-95-66-68-97-69-67-96-65-63-94-61-59-92-57-55-90-53-51-88-49-47-86-45-43-84-41-39-82-37-35-80-33-31-78-29-27-76-25-23-74-21-19-72-17-15-70/h70H,2-69H2,1H3. The van der Waals surface area contributed by atoms with Gasteiger partial charge in [-0.05, 0) is 6.42 Å². The van der Waals surface area contributed by atoms with Gasteiger partial charge in [-0.2, -0.15) is 0 Å². The van der Waals surface area contributed by atoms with Crippen molar-refractivity contribution < 1.29 is 133 Å². The Kier molecular flexibility index (Phi) is 93.8. The fourth-order valence-corrected chi connectivity index (χ4v) is 8.11. The number of hydrogen-bond donors (Lipinski definition) is 1. The zero-order valence-electron chi connectivity index (χ0n) is 60.6. The van der Waals surface area contributed by atoms with Gasteiger partial charge in [-0.1, -0.05) is 84.0 Å².